The first-order valence-corrected chi connectivity index (χ1v) is 7.54. The van der Waals surface area contributed by atoms with E-state index < -0.39 is 5.79 Å². The predicted molar refractivity (Wildman–Crippen MR) is 79.4 cm³/mol. The number of hydrogen-bond donors (Lipinski definition) is 1. The van der Waals surface area contributed by atoms with Crippen LogP contribution in [-0.2, 0) is 15.3 Å². The van der Waals surface area contributed by atoms with Crippen LogP contribution in [0.5, 0.6) is 0 Å². The van der Waals surface area contributed by atoms with Crippen molar-refractivity contribution in [3.63, 3.8) is 0 Å². The van der Waals surface area contributed by atoms with Gasteiger partial charge in [-0.25, -0.2) is 4.98 Å². The van der Waals surface area contributed by atoms with E-state index in [1.54, 1.807) is 18.2 Å². The Morgan fingerprint density at radius 1 is 1.43 bits per heavy atom. The largest absolute Gasteiger partial charge is 0.337 e. The summed E-state index contributed by atoms with van der Waals surface area (Å²) in [7, 11) is 0. The lowest BCUT2D eigenvalue weighted by Crippen LogP contribution is -2.31. The number of H-pyrrole nitrogens is 1. The number of rotatable bonds is 4. The Kier molecular flexibility index (Phi) is 4.17. The van der Waals surface area contributed by atoms with E-state index >= 15 is 0 Å². The summed E-state index contributed by atoms with van der Waals surface area (Å²) in [6.45, 7) is 2.58. The second-order valence-corrected chi connectivity index (χ2v) is 5.76. The molecule has 2 heterocycles. The predicted octanol–water partition coefficient (Wildman–Crippen LogP) is 3.53. The Labute approximate surface area is 132 Å². The number of halogens is 2. The van der Waals surface area contributed by atoms with Gasteiger partial charge in [-0.3, -0.25) is 5.10 Å². The maximum Gasteiger partial charge on any atom is 0.259 e. The molecule has 7 heteroatoms. The molecule has 1 aliphatic rings. The zero-order valence-electron chi connectivity index (χ0n) is 11.5. The smallest absolute Gasteiger partial charge is 0.259 e. The van der Waals surface area contributed by atoms with Gasteiger partial charge in [-0.1, -0.05) is 42.6 Å². The summed E-state index contributed by atoms with van der Waals surface area (Å²) in [4.78, 5) is 4.20. The Balaban J connectivity index is 2.05. The van der Waals surface area contributed by atoms with E-state index in [0.29, 0.717) is 28.0 Å². The molecule has 3 rings (SSSR count). The van der Waals surface area contributed by atoms with E-state index in [9.17, 15) is 0 Å². The van der Waals surface area contributed by atoms with Crippen molar-refractivity contribution < 1.29 is 9.47 Å². The standard InChI is InChI=1S/C14H15Cl2N3O2/c1-2-3-10-7-20-14(21-10,13-17-8-18-19-13)11-5-4-9(15)6-12(11)16/h4-6,8,10H,2-3,7H2,1H3,(H,17,18,19). The van der Waals surface area contributed by atoms with Gasteiger partial charge in [-0.15, -0.1) is 0 Å². The Morgan fingerprint density at radius 2 is 2.29 bits per heavy atom. The van der Waals surface area contributed by atoms with Crippen LogP contribution in [0, 0.1) is 0 Å². The molecule has 21 heavy (non-hydrogen) atoms. The van der Waals surface area contributed by atoms with Crippen LogP contribution >= 0.6 is 23.2 Å². The molecule has 1 fully saturated rings. The molecule has 1 N–H and O–H groups in total. The van der Waals surface area contributed by atoms with Crippen LogP contribution in [0.25, 0.3) is 0 Å². The minimum absolute atomic E-state index is 0.00755. The van der Waals surface area contributed by atoms with Crippen molar-refractivity contribution >= 4 is 23.2 Å². The molecule has 0 radical (unpaired) electrons. The van der Waals surface area contributed by atoms with Gasteiger partial charge in [0, 0.05) is 10.6 Å². The van der Waals surface area contributed by atoms with E-state index in [1.165, 1.54) is 6.33 Å². The monoisotopic (exact) mass is 327 g/mol. The molecule has 1 aliphatic heterocycles. The van der Waals surface area contributed by atoms with Crippen molar-refractivity contribution in [2.75, 3.05) is 6.61 Å². The van der Waals surface area contributed by atoms with Gasteiger partial charge in [0.1, 0.15) is 6.33 Å². The van der Waals surface area contributed by atoms with Crippen LogP contribution in [0.3, 0.4) is 0 Å². The fourth-order valence-corrected chi connectivity index (χ4v) is 3.02. The molecule has 2 unspecified atom stereocenters. The third kappa shape index (κ3) is 2.66. The molecule has 2 aromatic rings. The number of aromatic amines is 1. The van der Waals surface area contributed by atoms with Gasteiger partial charge in [0.2, 0.25) is 0 Å². The quantitative estimate of drug-likeness (QED) is 0.933. The summed E-state index contributed by atoms with van der Waals surface area (Å²) < 4.78 is 12.1. The molecule has 1 aromatic heterocycles. The van der Waals surface area contributed by atoms with E-state index in [1.807, 2.05) is 0 Å². The number of hydrogen-bond acceptors (Lipinski definition) is 4. The lowest BCUT2D eigenvalue weighted by atomic mass is 10.0. The molecular weight excluding hydrogens is 313 g/mol. The van der Waals surface area contributed by atoms with Crippen molar-refractivity contribution in [2.45, 2.75) is 31.7 Å². The molecule has 0 aliphatic carbocycles. The maximum absolute atomic E-state index is 6.33. The lowest BCUT2D eigenvalue weighted by Gasteiger charge is -2.27. The molecule has 0 bridgehead atoms. The number of nitrogens with zero attached hydrogens (tertiary/aromatic N) is 2. The summed E-state index contributed by atoms with van der Waals surface area (Å²) >= 11 is 12.3. The van der Waals surface area contributed by atoms with Gasteiger partial charge in [-0.2, -0.15) is 5.10 Å². The van der Waals surface area contributed by atoms with Gasteiger partial charge in [0.05, 0.1) is 17.7 Å². The van der Waals surface area contributed by atoms with Gasteiger partial charge < -0.3 is 9.47 Å². The van der Waals surface area contributed by atoms with Crippen molar-refractivity contribution in [1.82, 2.24) is 15.2 Å². The van der Waals surface area contributed by atoms with Gasteiger partial charge in [0.15, 0.2) is 5.82 Å². The third-order valence-electron chi connectivity index (χ3n) is 3.43. The first-order valence-electron chi connectivity index (χ1n) is 6.79. The molecule has 0 spiro atoms. The number of ether oxygens (including phenoxy) is 2. The summed E-state index contributed by atoms with van der Waals surface area (Å²) in [5.74, 6) is -0.678. The average molecular weight is 328 g/mol. The first-order chi connectivity index (χ1) is 10.2. The van der Waals surface area contributed by atoms with Crippen molar-refractivity contribution in [1.29, 1.82) is 0 Å². The van der Waals surface area contributed by atoms with Crippen LogP contribution < -0.4 is 0 Å². The van der Waals surface area contributed by atoms with Crippen molar-refractivity contribution in [3.05, 3.63) is 46.0 Å². The summed E-state index contributed by atoms with van der Waals surface area (Å²) in [6.07, 6.45) is 3.32. The normalized spacial score (nSPS) is 25.4. The topological polar surface area (TPSA) is 60.0 Å². The fourth-order valence-electron chi connectivity index (χ4n) is 2.49. The van der Waals surface area contributed by atoms with Crippen molar-refractivity contribution in [3.8, 4) is 0 Å². The van der Waals surface area contributed by atoms with Crippen LogP contribution in [-0.4, -0.2) is 27.9 Å². The minimum atomic E-state index is -1.15. The average Bonchev–Trinajstić information content (AvgIpc) is 3.09. The van der Waals surface area contributed by atoms with E-state index in [0.717, 1.165) is 12.8 Å². The van der Waals surface area contributed by atoms with Crippen LogP contribution in [0.15, 0.2) is 24.5 Å². The highest BCUT2D eigenvalue weighted by atomic mass is 35.5. The first kappa shape index (κ1) is 14.8. The van der Waals surface area contributed by atoms with E-state index in [-0.39, 0.29) is 6.10 Å². The summed E-state index contributed by atoms with van der Waals surface area (Å²) in [5, 5.41) is 7.73. The van der Waals surface area contributed by atoms with Gasteiger partial charge in [0.25, 0.3) is 5.79 Å². The Hall–Kier alpha value is -1.14. The summed E-state index contributed by atoms with van der Waals surface area (Å²) in [5.41, 5.74) is 0.670. The van der Waals surface area contributed by atoms with Crippen molar-refractivity contribution in [2.24, 2.45) is 0 Å². The Bertz CT molecular complexity index is 621. The number of aromatic nitrogens is 3. The highest BCUT2D eigenvalue weighted by Crippen LogP contribution is 2.43. The lowest BCUT2D eigenvalue weighted by molar-refractivity contribution is -0.149. The fraction of sp³-hybridized carbons (Fsp3) is 0.429. The number of benzene rings is 1. The SMILES string of the molecule is CCCC1COC(c2ncn[nH]2)(c2ccc(Cl)cc2Cl)O1. The van der Waals surface area contributed by atoms with Gasteiger partial charge in [-0.05, 0) is 18.6 Å². The van der Waals surface area contributed by atoms with Crippen LogP contribution in [0.4, 0.5) is 0 Å². The Morgan fingerprint density at radius 3 is 2.95 bits per heavy atom. The number of nitrogens with one attached hydrogen (secondary N) is 1. The minimum Gasteiger partial charge on any atom is -0.337 e. The molecular formula is C14H15Cl2N3O2. The molecule has 5 nitrogen and oxygen atoms in total. The molecule has 0 saturated carbocycles. The maximum atomic E-state index is 6.33. The highest BCUT2D eigenvalue weighted by Gasteiger charge is 2.48. The van der Waals surface area contributed by atoms with Crippen LogP contribution in [0.1, 0.15) is 31.2 Å². The second-order valence-electron chi connectivity index (χ2n) is 4.91. The zero-order chi connectivity index (χ0) is 14.9. The van der Waals surface area contributed by atoms with E-state index in [4.69, 9.17) is 32.7 Å². The second kappa shape index (κ2) is 5.93. The van der Waals surface area contributed by atoms with Gasteiger partial charge >= 0.3 is 0 Å². The van der Waals surface area contributed by atoms with Crippen LogP contribution in [0.2, 0.25) is 10.0 Å². The van der Waals surface area contributed by atoms with E-state index in [2.05, 4.69) is 22.1 Å². The highest BCUT2D eigenvalue weighted by molar-refractivity contribution is 6.35. The molecule has 1 aromatic carbocycles. The molecule has 1 saturated heterocycles. The third-order valence-corrected chi connectivity index (χ3v) is 3.98. The molecule has 112 valence electrons. The summed E-state index contributed by atoms with van der Waals surface area (Å²) in [6, 6.07) is 5.21. The zero-order valence-corrected chi connectivity index (χ0v) is 13.0. The molecule has 2 atom stereocenters. The molecule has 0 amide bonds.